The molecule has 4 rings (SSSR count). The van der Waals surface area contributed by atoms with Crippen molar-refractivity contribution in [2.24, 2.45) is 0 Å². The van der Waals surface area contributed by atoms with Gasteiger partial charge in [-0.2, -0.15) is 0 Å². The van der Waals surface area contributed by atoms with Crippen molar-refractivity contribution in [3.63, 3.8) is 0 Å². The van der Waals surface area contributed by atoms with Crippen molar-refractivity contribution in [3.05, 3.63) is 66.0 Å². The van der Waals surface area contributed by atoms with Crippen molar-refractivity contribution >= 4 is 70.3 Å². The van der Waals surface area contributed by atoms with E-state index in [1.165, 1.54) is 23.0 Å². The maximum absolute atomic E-state index is 13.5. The molecule has 0 spiro atoms. The van der Waals surface area contributed by atoms with E-state index in [1.54, 1.807) is 24.0 Å². The Kier molecular flexibility index (Phi) is 9.35. The topological polar surface area (TPSA) is 102 Å². The smallest absolute Gasteiger partial charge is 0.410 e. The monoisotopic (exact) mass is 716 g/mol. The molecule has 13 heteroatoms. The molecule has 1 aromatic heterocycles. The second-order valence-electron chi connectivity index (χ2n) is 10.6. The molecule has 1 fully saturated rings. The lowest BCUT2D eigenvalue weighted by molar-refractivity contribution is 0.0138. The minimum atomic E-state index is -3.51. The van der Waals surface area contributed by atoms with Crippen LogP contribution in [0.3, 0.4) is 0 Å². The van der Waals surface area contributed by atoms with Gasteiger partial charge < -0.3 is 9.64 Å². The van der Waals surface area contributed by atoms with Gasteiger partial charge in [-0.25, -0.2) is 18.2 Å². The number of rotatable bonds is 6. The zero-order valence-electron chi connectivity index (χ0n) is 22.7. The molecule has 216 valence electrons. The molecule has 9 nitrogen and oxygen atoms in total. The second-order valence-corrected chi connectivity index (χ2v) is 15.0. The van der Waals surface area contributed by atoms with Crippen LogP contribution in [0.25, 0.3) is 10.9 Å². The highest BCUT2D eigenvalue weighted by molar-refractivity contribution is 9.11. The third kappa shape index (κ3) is 6.89. The Morgan fingerprint density at radius 3 is 2.40 bits per heavy atom. The molecule has 3 aromatic rings. The number of nitrogens with zero attached hydrogens (tertiary/aromatic N) is 4. The van der Waals surface area contributed by atoms with Gasteiger partial charge in [-0.3, -0.25) is 14.3 Å². The fourth-order valence-electron chi connectivity index (χ4n) is 4.48. The Bertz CT molecular complexity index is 1610. The molecule has 0 atom stereocenters. The Labute approximate surface area is 255 Å². The second kappa shape index (κ2) is 12.1. The van der Waals surface area contributed by atoms with E-state index in [0.717, 1.165) is 10.0 Å². The molecule has 1 saturated heterocycles. The van der Waals surface area contributed by atoms with Gasteiger partial charge in [0, 0.05) is 46.7 Å². The molecule has 2 heterocycles. The fourth-order valence-corrected chi connectivity index (χ4v) is 7.26. The number of ether oxygens (including phenoxy) is 1. The highest BCUT2D eigenvalue weighted by atomic mass is 79.9. The number of hydrogen-bond donors (Lipinski definition) is 0. The first-order chi connectivity index (χ1) is 18.7. The summed E-state index contributed by atoms with van der Waals surface area (Å²) in [4.78, 5) is 34.5. The van der Waals surface area contributed by atoms with Crippen molar-refractivity contribution < 1.29 is 17.9 Å². The Hall–Kier alpha value is -1.99. The summed E-state index contributed by atoms with van der Waals surface area (Å²) < 4.78 is 33.6. The molecule has 0 unspecified atom stereocenters. The molecule has 2 aromatic carbocycles. The molecule has 1 aliphatic rings. The number of carbonyl (C=O) groups is 1. The van der Waals surface area contributed by atoms with Gasteiger partial charge in [-0.1, -0.05) is 34.5 Å². The molecule has 0 aliphatic carbocycles. The van der Waals surface area contributed by atoms with Crippen LogP contribution in [0, 0.1) is 0 Å². The summed E-state index contributed by atoms with van der Waals surface area (Å²) in [6.45, 7) is 10.2. The van der Waals surface area contributed by atoms with Crippen molar-refractivity contribution in [1.29, 1.82) is 0 Å². The number of fused-ring (bicyclic) bond motifs is 1. The number of aromatic nitrogens is 2. The predicted molar refractivity (Wildman–Crippen MR) is 163 cm³/mol. The van der Waals surface area contributed by atoms with E-state index in [4.69, 9.17) is 16.3 Å². The first kappa shape index (κ1) is 31.0. The van der Waals surface area contributed by atoms with Crippen LogP contribution < -0.4 is 5.56 Å². The standard InChI is InChI=1S/C27H31Br2ClN4O5S/c1-5-40(37,38)22-7-6-18(30)12-17(22)14-34-16-31-24-19(25(34)35)13-21(28)20(23(24)29)15-32-8-10-33(11-9-32)26(36)39-27(2,3)4/h6-7,12-13,16H,5,8-11,14-15H2,1-4H3. The highest BCUT2D eigenvalue weighted by Gasteiger charge is 2.27. The van der Waals surface area contributed by atoms with E-state index in [1.807, 2.05) is 20.8 Å². The Balaban J connectivity index is 1.57. The van der Waals surface area contributed by atoms with Gasteiger partial charge in [0.1, 0.15) is 5.60 Å². The zero-order valence-corrected chi connectivity index (χ0v) is 27.5. The molecule has 0 bridgehead atoms. The quantitative estimate of drug-likeness (QED) is 0.333. The fraction of sp³-hybridized carbons (Fsp3) is 0.444. The van der Waals surface area contributed by atoms with E-state index in [-0.39, 0.29) is 28.8 Å². The van der Waals surface area contributed by atoms with Gasteiger partial charge in [0.15, 0.2) is 9.84 Å². The summed E-state index contributed by atoms with van der Waals surface area (Å²) in [5.41, 5.74) is 1.04. The molecule has 0 saturated carbocycles. The van der Waals surface area contributed by atoms with Crippen LogP contribution in [-0.4, -0.2) is 71.4 Å². The summed E-state index contributed by atoms with van der Waals surface area (Å²) >= 11 is 13.5. The van der Waals surface area contributed by atoms with Crippen LogP contribution in [0.1, 0.15) is 38.8 Å². The molecular formula is C27H31Br2ClN4O5S. The minimum Gasteiger partial charge on any atom is -0.444 e. The molecule has 0 N–H and O–H groups in total. The number of carbonyl (C=O) groups excluding carboxylic acids is 1. The third-order valence-electron chi connectivity index (χ3n) is 6.59. The number of benzene rings is 2. The summed E-state index contributed by atoms with van der Waals surface area (Å²) in [7, 11) is -3.51. The van der Waals surface area contributed by atoms with Gasteiger partial charge in [-0.05, 0) is 72.1 Å². The van der Waals surface area contributed by atoms with E-state index < -0.39 is 15.4 Å². The van der Waals surface area contributed by atoms with E-state index in [2.05, 4.69) is 41.7 Å². The van der Waals surface area contributed by atoms with Crippen LogP contribution in [-0.2, 0) is 27.7 Å². The molecular weight excluding hydrogens is 688 g/mol. The Morgan fingerprint density at radius 2 is 1.77 bits per heavy atom. The van der Waals surface area contributed by atoms with Crippen molar-refractivity contribution in [2.75, 3.05) is 31.9 Å². The van der Waals surface area contributed by atoms with Crippen LogP contribution >= 0.6 is 43.5 Å². The average molecular weight is 719 g/mol. The zero-order chi connectivity index (χ0) is 29.4. The molecule has 0 radical (unpaired) electrons. The molecule has 1 aliphatic heterocycles. The maximum atomic E-state index is 13.5. The maximum Gasteiger partial charge on any atom is 0.410 e. The van der Waals surface area contributed by atoms with Crippen molar-refractivity contribution in [3.8, 4) is 0 Å². The van der Waals surface area contributed by atoms with Crippen LogP contribution in [0.5, 0.6) is 0 Å². The van der Waals surface area contributed by atoms with E-state index in [9.17, 15) is 18.0 Å². The summed E-state index contributed by atoms with van der Waals surface area (Å²) in [6.07, 6.45) is 1.12. The number of halogens is 3. The SMILES string of the molecule is CCS(=O)(=O)c1ccc(Cl)cc1Cn1cnc2c(Br)c(CN3CCN(C(=O)OC(C)(C)C)CC3)c(Br)cc2c1=O. The predicted octanol–water partition coefficient (Wildman–Crippen LogP) is 5.47. The van der Waals surface area contributed by atoms with Crippen LogP contribution in [0.15, 0.2) is 49.2 Å². The lowest BCUT2D eigenvalue weighted by Gasteiger charge is -2.35. The van der Waals surface area contributed by atoms with Crippen LogP contribution in [0.4, 0.5) is 4.79 Å². The number of piperazine rings is 1. The highest BCUT2D eigenvalue weighted by Crippen LogP contribution is 2.33. The lowest BCUT2D eigenvalue weighted by atomic mass is 10.1. The summed E-state index contributed by atoms with van der Waals surface area (Å²) in [6, 6.07) is 6.32. The number of hydrogen-bond acceptors (Lipinski definition) is 7. The van der Waals surface area contributed by atoms with Crippen LogP contribution in [0.2, 0.25) is 5.02 Å². The van der Waals surface area contributed by atoms with Gasteiger partial charge in [-0.15, -0.1) is 0 Å². The van der Waals surface area contributed by atoms with Crippen molar-refractivity contribution in [2.45, 2.75) is 51.3 Å². The van der Waals surface area contributed by atoms with Gasteiger partial charge in [0.25, 0.3) is 5.56 Å². The van der Waals surface area contributed by atoms with E-state index >= 15 is 0 Å². The third-order valence-corrected chi connectivity index (χ3v) is 10.2. The Morgan fingerprint density at radius 1 is 1.10 bits per heavy atom. The number of sulfone groups is 1. The molecule has 40 heavy (non-hydrogen) atoms. The first-order valence-electron chi connectivity index (χ1n) is 12.8. The normalized spacial score (nSPS) is 15.0. The first-order valence-corrected chi connectivity index (χ1v) is 16.4. The van der Waals surface area contributed by atoms with E-state index in [0.29, 0.717) is 58.7 Å². The minimum absolute atomic E-state index is 0.00973. The molecule has 1 amide bonds. The van der Waals surface area contributed by atoms with Gasteiger partial charge >= 0.3 is 6.09 Å². The number of amides is 1. The average Bonchev–Trinajstić information content (AvgIpc) is 2.88. The van der Waals surface area contributed by atoms with Crippen molar-refractivity contribution in [1.82, 2.24) is 19.4 Å². The largest absolute Gasteiger partial charge is 0.444 e. The summed E-state index contributed by atoms with van der Waals surface area (Å²) in [5.74, 6) is -0.0643. The van der Waals surface area contributed by atoms with Gasteiger partial charge in [0.2, 0.25) is 0 Å². The van der Waals surface area contributed by atoms with Gasteiger partial charge in [0.05, 0.1) is 34.4 Å². The lowest BCUT2D eigenvalue weighted by Crippen LogP contribution is -2.49. The summed E-state index contributed by atoms with van der Waals surface area (Å²) in [5, 5.41) is 0.774.